The number of allylic oxidation sites excluding steroid dienone is 2. The highest BCUT2D eigenvalue weighted by Gasteiger charge is 2.37. The molecule has 4 heteroatoms. The van der Waals surface area contributed by atoms with Crippen LogP contribution in [0.4, 0.5) is 5.69 Å². The number of carboxylic acid groups (broad SMARTS) is 1. The highest BCUT2D eigenvalue weighted by atomic mass is 16.4. The number of hydrogen-bond donors (Lipinski definition) is 1. The van der Waals surface area contributed by atoms with Gasteiger partial charge in [0.2, 0.25) is 0 Å². The summed E-state index contributed by atoms with van der Waals surface area (Å²) in [4.78, 5) is 22.7. The van der Waals surface area contributed by atoms with Gasteiger partial charge in [-0.2, -0.15) is 0 Å². The monoisotopic (exact) mass is 332 g/mol. The predicted octanol–water partition coefficient (Wildman–Crippen LogP) is 3.08. The van der Waals surface area contributed by atoms with Crippen LogP contribution in [0.5, 0.6) is 0 Å². The van der Waals surface area contributed by atoms with Crippen LogP contribution in [0.1, 0.15) is 57.1 Å². The smallest absolute Gasteiger partial charge is 0.159 e. The SMILES string of the molecule is CC(=O)c1ccc2c(c1)[C@H]1C=CC[C@H]1[C@@H](c1ccc(C(=O)[O-])cc1)N2. The molecule has 2 aromatic carbocycles. The molecule has 0 spiro atoms. The fourth-order valence-electron chi connectivity index (χ4n) is 3.97. The van der Waals surface area contributed by atoms with E-state index in [0.29, 0.717) is 5.92 Å². The molecule has 4 rings (SSSR count). The number of benzene rings is 2. The van der Waals surface area contributed by atoms with Gasteiger partial charge in [0.15, 0.2) is 5.78 Å². The molecule has 126 valence electrons. The Morgan fingerprint density at radius 2 is 1.80 bits per heavy atom. The van der Waals surface area contributed by atoms with E-state index in [9.17, 15) is 14.7 Å². The van der Waals surface area contributed by atoms with Crippen molar-refractivity contribution in [2.75, 3.05) is 5.32 Å². The van der Waals surface area contributed by atoms with Gasteiger partial charge in [-0.1, -0.05) is 36.4 Å². The van der Waals surface area contributed by atoms with E-state index in [1.165, 1.54) is 0 Å². The summed E-state index contributed by atoms with van der Waals surface area (Å²) < 4.78 is 0. The molecule has 1 heterocycles. The van der Waals surface area contributed by atoms with Crippen molar-refractivity contribution in [1.82, 2.24) is 0 Å². The van der Waals surface area contributed by atoms with E-state index >= 15 is 0 Å². The number of anilines is 1. The summed E-state index contributed by atoms with van der Waals surface area (Å²) in [5.74, 6) is -0.475. The lowest BCUT2D eigenvalue weighted by molar-refractivity contribution is -0.255. The van der Waals surface area contributed by atoms with Gasteiger partial charge in [-0.05, 0) is 54.2 Å². The number of ketones is 1. The number of hydrogen-bond acceptors (Lipinski definition) is 4. The van der Waals surface area contributed by atoms with Crippen LogP contribution in [0.25, 0.3) is 0 Å². The number of carboxylic acids is 1. The lowest BCUT2D eigenvalue weighted by atomic mass is 9.76. The molecule has 1 aliphatic carbocycles. The quantitative estimate of drug-likeness (QED) is 0.693. The second-order valence-electron chi connectivity index (χ2n) is 6.74. The zero-order valence-corrected chi connectivity index (χ0v) is 13.9. The molecule has 25 heavy (non-hydrogen) atoms. The Bertz CT molecular complexity index is 883. The summed E-state index contributed by atoms with van der Waals surface area (Å²) in [7, 11) is 0. The van der Waals surface area contributed by atoms with Crippen LogP contribution in [0.2, 0.25) is 0 Å². The van der Waals surface area contributed by atoms with Crippen molar-refractivity contribution in [2.45, 2.75) is 25.3 Å². The first kappa shape index (κ1) is 15.6. The van der Waals surface area contributed by atoms with Gasteiger partial charge < -0.3 is 15.2 Å². The van der Waals surface area contributed by atoms with Crippen molar-refractivity contribution in [2.24, 2.45) is 5.92 Å². The molecule has 3 atom stereocenters. The Kier molecular flexibility index (Phi) is 3.68. The minimum absolute atomic E-state index is 0.0707. The van der Waals surface area contributed by atoms with Gasteiger partial charge in [0.1, 0.15) is 0 Å². The summed E-state index contributed by atoms with van der Waals surface area (Å²) in [5, 5.41) is 14.5. The molecule has 1 aliphatic heterocycles. The van der Waals surface area contributed by atoms with Crippen LogP contribution in [-0.4, -0.2) is 11.8 Å². The maximum absolute atomic E-state index is 11.7. The molecule has 2 aliphatic rings. The molecule has 4 nitrogen and oxygen atoms in total. The first-order valence-corrected chi connectivity index (χ1v) is 8.44. The highest BCUT2D eigenvalue weighted by Crippen LogP contribution is 2.49. The van der Waals surface area contributed by atoms with Crippen molar-refractivity contribution >= 4 is 17.4 Å². The predicted molar refractivity (Wildman–Crippen MR) is 93.6 cm³/mol. The van der Waals surface area contributed by atoms with Crippen LogP contribution in [0.3, 0.4) is 0 Å². The number of carbonyl (C=O) groups is 2. The van der Waals surface area contributed by atoms with Crippen molar-refractivity contribution in [3.8, 4) is 0 Å². The number of nitrogens with one attached hydrogen (secondary N) is 1. The van der Waals surface area contributed by atoms with Crippen LogP contribution in [-0.2, 0) is 0 Å². The van der Waals surface area contributed by atoms with Crippen molar-refractivity contribution < 1.29 is 14.7 Å². The molecule has 0 fully saturated rings. The van der Waals surface area contributed by atoms with Gasteiger partial charge in [-0.3, -0.25) is 4.79 Å². The minimum atomic E-state index is -1.16. The Balaban J connectivity index is 1.72. The summed E-state index contributed by atoms with van der Waals surface area (Å²) in [6, 6.07) is 12.8. The van der Waals surface area contributed by atoms with Crippen molar-refractivity contribution in [3.63, 3.8) is 0 Å². The number of carbonyl (C=O) groups excluding carboxylic acids is 2. The second-order valence-corrected chi connectivity index (χ2v) is 6.74. The molecular weight excluding hydrogens is 314 g/mol. The van der Waals surface area contributed by atoms with Crippen LogP contribution in [0, 0.1) is 5.92 Å². The maximum Gasteiger partial charge on any atom is 0.159 e. The fourth-order valence-corrected chi connectivity index (χ4v) is 3.97. The first-order chi connectivity index (χ1) is 12.0. The first-order valence-electron chi connectivity index (χ1n) is 8.44. The molecule has 0 bridgehead atoms. The second kappa shape index (κ2) is 5.88. The van der Waals surface area contributed by atoms with E-state index in [1.54, 1.807) is 19.1 Å². The zero-order valence-electron chi connectivity index (χ0n) is 13.9. The van der Waals surface area contributed by atoms with E-state index < -0.39 is 5.97 Å². The third-order valence-corrected chi connectivity index (χ3v) is 5.27. The largest absolute Gasteiger partial charge is 0.545 e. The van der Waals surface area contributed by atoms with Crippen LogP contribution < -0.4 is 10.4 Å². The van der Waals surface area contributed by atoms with E-state index in [2.05, 4.69) is 17.5 Å². The standard InChI is InChI=1S/C21H19NO3/c1-12(23)15-9-10-19-18(11-15)16-3-2-4-17(16)20(22-19)13-5-7-14(8-6-13)21(24)25/h2-3,5-11,16-17,20,22H,4H2,1H3,(H,24,25)/p-1/t16-,17+,20+/m0/s1. The van der Waals surface area contributed by atoms with Gasteiger partial charge in [0, 0.05) is 17.2 Å². The van der Waals surface area contributed by atoms with E-state index in [1.807, 2.05) is 30.3 Å². The molecule has 1 N–H and O–H groups in total. The number of rotatable bonds is 3. The highest BCUT2D eigenvalue weighted by molar-refractivity contribution is 5.95. The average molecular weight is 332 g/mol. The van der Waals surface area contributed by atoms with Crippen molar-refractivity contribution in [3.05, 3.63) is 76.9 Å². The van der Waals surface area contributed by atoms with Gasteiger partial charge in [-0.25, -0.2) is 0 Å². The van der Waals surface area contributed by atoms with E-state index in [-0.39, 0.29) is 23.3 Å². The Morgan fingerprint density at radius 3 is 2.48 bits per heavy atom. The molecule has 0 amide bonds. The molecule has 0 radical (unpaired) electrons. The molecule has 0 unspecified atom stereocenters. The third-order valence-electron chi connectivity index (χ3n) is 5.27. The Hall–Kier alpha value is -2.88. The summed E-state index contributed by atoms with van der Waals surface area (Å²) in [6.45, 7) is 1.58. The molecule has 0 saturated heterocycles. The number of Topliss-reactive ketones (excluding diaryl/α,β-unsaturated/α-hetero) is 1. The Morgan fingerprint density at radius 1 is 1.08 bits per heavy atom. The summed E-state index contributed by atoms with van der Waals surface area (Å²) in [6.07, 6.45) is 5.36. The maximum atomic E-state index is 11.7. The van der Waals surface area contributed by atoms with Crippen LogP contribution in [0.15, 0.2) is 54.6 Å². The lowest BCUT2D eigenvalue weighted by Gasteiger charge is -2.37. The number of fused-ring (bicyclic) bond motifs is 3. The van der Waals surface area contributed by atoms with Gasteiger partial charge >= 0.3 is 0 Å². The molecule has 0 saturated carbocycles. The zero-order chi connectivity index (χ0) is 17.6. The normalized spacial score (nSPS) is 23.5. The number of aromatic carboxylic acids is 1. The van der Waals surface area contributed by atoms with Crippen LogP contribution >= 0.6 is 0 Å². The summed E-state index contributed by atoms with van der Waals surface area (Å²) >= 11 is 0. The van der Waals surface area contributed by atoms with E-state index in [4.69, 9.17) is 0 Å². The average Bonchev–Trinajstić information content (AvgIpc) is 3.10. The Labute approximate surface area is 146 Å². The fraction of sp³-hybridized carbons (Fsp3) is 0.238. The van der Waals surface area contributed by atoms with Gasteiger partial charge in [-0.15, -0.1) is 0 Å². The lowest BCUT2D eigenvalue weighted by Crippen LogP contribution is -2.29. The topological polar surface area (TPSA) is 69.2 Å². The van der Waals surface area contributed by atoms with Gasteiger partial charge in [0.05, 0.1) is 12.0 Å². The molecular formula is C21H18NO3-. The summed E-state index contributed by atoms with van der Waals surface area (Å²) in [5.41, 5.74) is 4.18. The van der Waals surface area contributed by atoms with Crippen molar-refractivity contribution in [1.29, 1.82) is 0 Å². The van der Waals surface area contributed by atoms with E-state index in [0.717, 1.165) is 28.8 Å². The minimum Gasteiger partial charge on any atom is -0.545 e. The molecule has 2 aromatic rings. The molecule has 0 aromatic heterocycles. The van der Waals surface area contributed by atoms with Gasteiger partial charge in [0.25, 0.3) is 0 Å². The third kappa shape index (κ3) is 2.64.